The number of nitrogens with zero attached hydrogens (tertiary/aromatic N) is 3. The van der Waals surface area contributed by atoms with E-state index in [0.717, 1.165) is 56.0 Å². The monoisotopic (exact) mass is 480 g/mol. The van der Waals surface area contributed by atoms with Gasteiger partial charge < -0.3 is 20.9 Å². The van der Waals surface area contributed by atoms with Crippen LogP contribution in [0.2, 0.25) is 0 Å². The Labute approximate surface area is 210 Å². The maximum absolute atomic E-state index is 5.59. The Kier molecular flexibility index (Phi) is 7.60. The third-order valence-corrected chi connectivity index (χ3v) is 7.21. The standard InChI is InChI=1S/C27H40N6S/c1-27(2,3)18-10-12-20(13-11-18)29-26(34)30-21-16-14-19(15-17-21)28-25-31-23-9-7-6-8-22(23)24(32-25)33(4)5/h10-13,19,21H,6-9,14-17H2,1-5H3,(H,28,31,32)(H2,29,30,34)/t19-,21+. The summed E-state index contributed by atoms with van der Waals surface area (Å²) < 4.78 is 0. The molecule has 3 N–H and O–H groups in total. The highest BCUT2D eigenvalue weighted by molar-refractivity contribution is 7.80. The first kappa shape index (κ1) is 24.7. The van der Waals surface area contributed by atoms with Crippen LogP contribution in [0.25, 0.3) is 0 Å². The van der Waals surface area contributed by atoms with Gasteiger partial charge in [0.25, 0.3) is 0 Å². The molecular formula is C27H40N6S. The number of hydrogen-bond donors (Lipinski definition) is 3. The van der Waals surface area contributed by atoms with Gasteiger partial charge in [-0.1, -0.05) is 32.9 Å². The molecule has 0 bridgehead atoms. The van der Waals surface area contributed by atoms with E-state index in [4.69, 9.17) is 22.2 Å². The van der Waals surface area contributed by atoms with Gasteiger partial charge in [-0.05, 0) is 86.7 Å². The Morgan fingerprint density at radius 2 is 1.59 bits per heavy atom. The van der Waals surface area contributed by atoms with Crippen molar-refractivity contribution in [2.75, 3.05) is 29.6 Å². The Balaban J connectivity index is 1.27. The number of rotatable bonds is 5. The molecule has 2 aromatic rings. The van der Waals surface area contributed by atoms with E-state index in [1.165, 1.54) is 29.7 Å². The Morgan fingerprint density at radius 3 is 2.24 bits per heavy atom. The van der Waals surface area contributed by atoms with Gasteiger partial charge in [-0.15, -0.1) is 0 Å². The largest absolute Gasteiger partial charge is 0.362 e. The molecule has 0 atom stereocenters. The molecule has 4 rings (SSSR count). The van der Waals surface area contributed by atoms with Crippen LogP contribution in [0.5, 0.6) is 0 Å². The molecule has 1 saturated carbocycles. The summed E-state index contributed by atoms with van der Waals surface area (Å²) in [5.41, 5.74) is 5.08. The average Bonchev–Trinajstić information content (AvgIpc) is 2.79. The molecule has 0 spiro atoms. The number of thiocarbonyl (C=S) groups is 1. The number of fused-ring (bicyclic) bond motifs is 1. The summed E-state index contributed by atoms with van der Waals surface area (Å²) in [6, 6.07) is 9.36. The van der Waals surface area contributed by atoms with E-state index in [1.807, 2.05) is 0 Å². The van der Waals surface area contributed by atoms with Crippen molar-refractivity contribution >= 4 is 34.8 Å². The van der Waals surface area contributed by atoms with Gasteiger partial charge in [0.05, 0.1) is 5.69 Å². The second-order valence-corrected chi connectivity index (χ2v) is 11.4. The lowest BCUT2D eigenvalue weighted by molar-refractivity contribution is 0.387. The van der Waals surface area contributed by atoms with Crippen molar-refractivity contribution < 1.29 is 0 Å². The van der Waals surface area contributed by atoms with Crippen LogP contribution < -0.4 is 20.9 Å². The minimum atomic E-state index is 0.155. The van der Waals surface area contributed by atoms with Gasteiger partial charge in [-0.25, -0.2) is 4.98 Å². The first-order valence-electron chi connectivity index (χ1n) is 12.7. The first-order chi connectivity index (χ1) is 16.2. The van der Waals surface area contributed by atoms with E-state index < -0.39 is 0 Å². The van der Waals surface area contributed by atoms with E-state index >= 15 is 0 Å². The fraction of sp³-hybridized carbons (Fsp3) is 0.593. The first-order valence-corrected chi connectivity index (χ1v) is 13.1. The predicted molar refractivity (Wildman–Crippen MR) is 147 cm³/mol. The third-order valence-electron chi connectivity index (χ3n) is 6.99. The third kappa shape index (κ3) is 6.17. The van der Waals surface area contributed by atoms with Crippen LogP contribution in [0.4, 0.5) is 17.5 Å². The van der Waals surface area contributed by atoms with Crippen molar-refractivity contribution in [3.63, 3.8) is 0 Å². The van der Waals surface area contributed by atoms with E-state index in [-0.39, 0.29) is 5.41 Å². The van der Waals surface area contributed by atoms with Crippen LogP contribution in [0.15, 0.2) is 24.3 Å². The number of nitrogens with one attached hydrogen (secondary N) is 3. The van der Waals surface area contributed by atoms with Gasteiger partial charge in [0, 0.05) is 37.4 Å². The van der Waals surface area contributed by atoms with Crippen LogP contribution >= 0.6 is 12.2 Å². The molecule has 0 radical (unpaired) electrons. The second-order valence-electron chi connectivity index (χ2n) is 11.0. The highest BCUT2D eigenvalue weighted by Crippen LogP contribution is 2.29. The van der Waals surface area contributed by atoms with Gasteiger partial charge >= 0.3 is 0 Å². The molecule has 0 saturated heterocycles. The Bertz CT molecular complexity index is 987. The molecule has 0 unspecified atom stereocenters. The normalized spacial score (nSPS) is 20.3. The molecule has 184 valence electrons. The van der Waals surface area contributed by atoms with Gasteiger partial charge in [0.15, 0.2) is 5.11 Å². The summed E-state index contributed by atoms with van der Waals surface area (Å²) in [7, 11) is 4.15. The van der Waals surface area contributed by atoms with Crippen molar-refractivity contribution in [1.82, 2.24) is 15.3 Å². The molecule has 1 aromatic heterocycles. The fourth-order valence-corrected chi connectivity index (χ4v) is 5.26. The van der Waals surface area contributed by atoms with Gasteiger partial charge in [0.2, 0.25) is 5.95 Å². The molecule has 2 aliphatic carbocycles. The maximum atomic E-state index is 5.59. The smallest absolute Gasteiger partial charge is 0.225 e. The second kappa shape index (κ2) is 10.5. The zero-order valence-corrected chi connectivity index (χ0v) is 22.2. The van der Waals surface area contributed by atoms with E-state index in [9.17, 15) is 0 Å². The average molecular weight is 481 g/mol. The quantitative estimate of drug-likeness (QED) is 0.493. The Morgan fingerprint density at radius 1 is 0.941 bits per heavy atom. The Hall–Kier alpha value is -2.41. The number of aryl methyl sites for hydroxylation is 1. The SMILES string of the molecule is CN(C)c1nc(N[C@H]2CC[C@@H](NC(=S)Nc3ccc(C(C)(C)C)cc3)CC2)nc2c1CCCC2. The number of hydrogen-bond acceptors (Lipinski definition) is 5. The summed E-state index contributed by atoms with van der Waals surface area (Å²) in [5.74, 6) is 1.87. The van der Waals surface area contributed by atoms with Crippen LogP contribution in [0.3, 0.4) is 0 Å². The lowest BCUT2D eigenvalue weighted by Gasteiger charge is -2.31. The summed E-state index contributed by atoms with van der Waals surface area (Å²) >= 11 is 5.59. The van der Waals surface area contributed by atoms with Gasteiger partial charge in [0.1, 0.15) is 5.82 Å². The predicted octanol–water partition coefficient (Wildman–Crippen LogP) is 5.43. The van der Waals surface area contributed by atoms with Crippen molar-refractivity contribution in [3.05, 3.63) is 41.1 Å². The minimum absolute atomic E-state index is 0.155. The lowest BCUT2D eigenvalue weighted by Crippen LogP contribution is -2.42. The molecule has 7 heteroatoms. The summed E-state index contributed by atoms with van der Waals surface area (Å²) in [6.07, 6.45) is 8.93. The molecule has 0 amide bonds. The number of benzene rings is 1. The maximum Gasteiger partial charge on any atom is 0.225 e. The van der Waals surface area contributed by atoms with Crippen molar-refractivity contribution in [2.24, 2.45) is 0 Å². The van der Waals surface area contributed by atoms with Gasteiger partial charge in [-0.2, -0.15) is 4.98 Å². The fourth-order valence-electron chi connectivity index (χ4n) is 4.98. The van der Waals surface area contributed by atoms with E-state index in [0.29, 0.717) is 17.2 Å². The van der Waals surface area contributed by atoms with Crippen molar-refractivity contribution in [2.45, 2.75) is 89.6 Å². The van der Waals surface area contributed by atoms with Crippen LogP contribution in [0, 0.1) is 0 Å². The molecule has 1 fully saturated rings. The zero-order valence-electron chi connectivity index (χ0n) is 21.4. The highest BCUT2D eigenvalue weighted by atomic mass is 32.1. The summed E-state index contributed by atoms with van der Waals surface area (Å²) in [5, 5.41) is 11.2. The molecule has 1 heterocycles. The molecule has 2 aliphatic rings. The molecule has 34 heavy (non-hydrogen) atoms. The molecule has 1 aromatic carbocycles. The molecular weight excluding hydrogens is 440 g/mol. The molecule has 6 nitrogen and oxygen atoms in total. The van der Waals surface area contributed by atoms with Crippen LogP contribution in [0.1, 0.15) is 76.1 Å². The zero-order chi connectivity index (χ0) is 24.3. The van der Waals surface area contributed by atoms with E-state index in [2.05, 4.69) is 80.0 Å². The van der Waals surface area contributed by atoms with Crippen LogP contribution in [-0.4, -0.2) is 41.3 Å². The van der Waals surface area contributed by atoms with E-state index in [1.54, 1.807) is 0 Å². The number of aromatic nitrogens is 2. The highest BCUT2D eigenvalue weighted by Gasteiger charge is 2.24. The summed E-state index contributed by atoms with van der Waals surface area (Å²) in [6.45, 7) is 6.68. The number of anilines is 3. The molecule has 0 aliphatic heterocycles. The van der Waals surface area contributed by atoms with Gasteiger partial charge in [-0.3, -0.25) is 0 Å². The topological polar surface area (TPSA) is 65.1 Å². The minimum Gasteiger partial charge on any atom is -0.362 e. The van der Waals surface area contributed by atoms with Crippen molar-refractivity contribution in [3.8, 4) is 0 Å². The lowest BCUT2D eigenvalue weighted by atomic mass is 9.87. The van der Waals surface area contributed by atoms with Crippen molar-refractivity contribution in [1.29, 1.82) is 0 Å². The summed E-state index contributed by atoms with van der Waals surface area (Å²) in [4.78, 5) is 11.9. The van der Waals surface area contributed by atoms with Crippen LogP contribution in [-0.2, 0) is 18.3 Å².